The normalized spacial score (nSPS) is 15.1. The molecule has 170 valence electrons. The van der Waals surface area contributed by atoms with Gasteiger partial charge in [0.1, 0.15) is 17.2 Å². The number of thiophene rings is 2. The maximum absolute atomic E-state index is 12.3. The molecule has 3 aromatic rings. The number of nitriles is 1. The molecule has 10 heteroatoms. The van der Waals surface area contributed by atoms with Gasteiger partial charge in [-0.1, -0.05) is 6.07 Å². The van der Waals surface area contributed by atoms with Gasteiger partial charge in [-0.15, -0.1) is 22.7 Å². The molecular formula is C23H23N5O3S2. The zero-order valence-electron chi connectivity index (χ0n) is 18.0. The molecule has 0 aromatic carbocycles. The third-order valence-electron chi connectivity index (χ3n) is 5.30. The smallest absolute Gasteiger partial charge is 0.407 e. The molecule has 1 aliphatic carbocycles. The largest absolute Gasteiger partial charge is 0.446 e. The molecule has 0 radical (unpaired) electrons. The molecule has 0 saturated heterocycles. The summed E-state index contributed by atoms with van der Waals surface area (Å²) in [5.41, 5.74) is 2.35. The number of amides is 2. The molecule has 0 spiro atoms. The SMILES string of the molecule is CCn1nccc1CNC(=O)OC1CCc2c(sc(NC(=O)C=Cc3cccs3)c2C#N)C1. The molecule has 3 heterocycles. The fraction of sp³-hybridized carbons (Fsp3) is 0.304. The molecular weight excluding hydrogens is 458 g/mol. The van der Waals surface area contributed by atoms with E-state index in [-0.39, 0.29) is 12.0 Å². The zero-order chi connectivity index (χ0) is 23.2. The molecule has 0 aliphatic heterocycles. The number of aryl methyl sites for hydroxylation is 1. The summed E-state index contributed by atoms with van der Waals surface area (Å²) in [6.45, 7) is 3.06. The molecule has 8 nitrogen and oxygen atoms in total. The fourth-order valence-corrected chi connectivity index (χ4v) is 5.59. The van der Waals surface area contributed by atoms with E-state index >= 15 is 0 Å². The number of carbonyl (C=O) groups excluding carboxylic acids is 2. The van der Waals surface area contributed by atoms with Gasteiger partial charge in [-0.3, -0.25) is 9.48 Å². The Hall–Kier alpha value is -3.42. The Balaban J connectivity index is 1.35. The first-order valence-electron chi connectivity index (χ1n) is 10.6. The third kappa shape index (κ3) is 5.50. The minimum Gasteiger partial charge on any atom is -0.446 e. The Kier molecular flexibility index (Phi) is 7.22. The lowest BCUT2D eigenvalue weighted by Gasteiger charge is -2.22. The monoisotopic (exact) mass is 481 g/mol. The maximum Gasteiger partial charge on any atom is 0.407 e. The molecule has 0 saturated carbocycles. The number of anilines is 1. The molecule has 0 bridgehead atoms. The van der Waals surface area contributed by atoms with Gasteiger partial charge in [0.05, 0.1) is 17.8 Å². The van der Waals surface area contributed by atoms with E-state index in [1.165, 1.54) is 17.4 Å². The van der Waals surface area contributed by atoms with E-state index in [0.29, 0.717) is 36.4 Å². The first-order valence-corrected chi connectivity index (χ1v) is 12.3. The van der Waals surface area contributed by atoms with Crippen molar-refractivity contribution in [2.75, 3.05) is 5.32 Å². The number of hydrogen-bond acceptors (Lipinski definition) is 7. The Morgan fingerprint density at radius 3 is 3.06 bits per heavy atom. The Labute approximate surface area is 199 Å². The molecule has 1 unspecified atom stereocenters. The summed E-state index contributed by atoms with van der Waals surface area (Å²) in [6.07, 6.45) is 5.93. The number of rotatable bonds is 7. The van der Waals surface area contributed by atoms with Gasteiger partial charge >= 0.3 is 6.09 Å². The number of ether oxygens (including phenoxy) is 1. The van der Waals surface area contributed by atoms with Crippen LogP contribution in [0.2, 0.25) is 0 Å². The lowest BCUT2D eigenvalue weighted by atomic mass is 9.94. The van der Waals surface area contributed by atoms with Crippen LogP contribution in [0.5, 0.6) is 0 Å². The van der Waals surface area contributed by atoms with E-state index in [4.69, 9.17) is 4.74 Å². The quantitative estimate of drug-likeness (QED) is 0.488. The second kappa shape index (κ2) is 10.5. The summed E-state index contributed by atoms with van der Waals surface area (Å²) in [6, 6.07) is 7.93. The predicted molar refractivity (Wildman–Crippen MR) is 128 cm³/mol. The van der Waals surface area contributed by atoms with Gasteiger partial charge in [0.2, 0.25) is 5.91 Å². The second-order valence-electron chi connectivity index (χ2n) is 7.42. The zero-order valence-corrected chi connectivity index (χ0v) is 19.7. The van der Waals surface area contributed by atoms with Crippen molar-refractivity contribution < 1.29 is 14.3 Å². The van der Waals surface area contributed by atoms with Crippen molar-refractivity contribution in [1.82, 2.24) is 15.1 Å². The molecule has 33 heavy (non-hydrogen) atoms. The minimum absolute atomic E-state index is 0.277. The highest BCUT2D eigenvalue weighted by atomic mass is 32.1. The number of nitrogens with zero attached hydrogens (tertiary/aromatic N) is 3. The van der Waals surface area contributed by atoms with Gasteiger partial charge in [-0.2, -0.15) is 10.4 Å². The summed E-state index contributed by atoms with van der Waals surface area (Å²) in [5, 5.41) is 21.9. The summed E-state index contributed by atoms with van der Waals surface area (Å²) < 4.78 is 7.42. The Morgan fingerprint density at radius 2 is 2.30 bits per heavy atom. The Bertz CT molecular complexity index is 1200. The van der Waals surface area contributed by atoms with Crippen molar-refractivity contribution in [3.63, 3.8) is 0 Å². The fourth-order valence-electron chi connectivity index (χ4n) is 3.71. The van der Waals surface area contributed by atoms with Crippen molar-refractivity contribution in [3.8, 4) is 6.07 Å². The number of hydrogen-bond donors (Lipinski definition) is 2. The predicted octanol–water partition coefficient (Wildman–Crippen LogP) is 4.33. The van der Waals surface area contributed by atoms with Crippen LogP contribution in [0.15, 0.2) is 35.9 Å². The number of alkyl carbamates (subject to hydrolysis) is 1. The van der Waals surface area contributed by atoms with E-state index in [9.17, 15) is 14.9 Å². The van der Waals surface area contributed by atoms with Crippen LogP contribution in [0.3, 0.4) is 0 Å². The maximum atomic E-state index is 12.3. The van der Waals surface area contributed by atoms with Crippen LogP contribution in [0.25, 0.3) is 6.08 Å². The van der Waals surface area contributed by atoms with E-state index in [2.05, 4.69) is 21.8 Å². The van der Waals surface area contributed by atoms with E-state index in [1.54, 1.807) is 23.6 Å². The number of nitrogens with one attached hydrogen (secondary N) is 2. The van der Waals surface area contributed by atoms with E-state index in [1.807, 2.05) is 35.2 Å². The molecule has 3 aromatic heterocycles. The number of carbonyl (C=O) groups is 2. The van der Waals surface area contributed by atoms with Crippen molar-refractivity contribution in [3.05, 3.63) is 62.4 Å². The van der Waals surface area contributed by atoms with Crippen LogP contribution in [-0.4, -0.2) is 27.9 Å². The second-order valence-corrected chi connectivity index (χ2v) is 9.50. The van der Waals surface area contributed by atoms with E-state index in [0.717, 1.165) is 27.6 Å². The Morgan fingerprint density at radius 1 is 1.42 bits per heavy atom. The van der Waals surface area contributed by atoms with Crippen LogP contribution >= 0.6 is 22.7 Å². The van der Waals surface area contributed by atoms with Gasteiger partial charge < -0.3 is 15.4 Å². The molecule has 2 amide bonds. The molecule has 4 rings (SSSR count). The van der Waals surface area contributed by atoms with Gasteiger partial charge in [0.15, 0.2) is 0 Å². The van der Waals surface area contributed by atoms with Crippen molar-refractivity contribution in [2.45, 2.75) is 45.4 Å². The first kappa shape index (κ1) is 22.8. The van der Waals surface area contributed by atoms with Crippen molar-refractivity contribution in [1.29, 1.82) is 5.26 Å². The topological polar surface area (TPSA) is 109 Å². The molecule has 1 atom stereocenters. The highest BCUT2D eigenvalue weighted by Crippen LogP contribution is 2.38. The average molecular weight is 482 g/mol. The lowest BCUT2D eigenvalue weighted by molar-refractivity contribution is -0.111. The van der Waals surface area contributed by atoms with Gasteiger partial charge in [0.25, 0.3) is 0 Å². The van der Waals surface area contributed by atoms with Gasteiger partial charge in [-0.25, -0.2) is 4.79 Å². The van der Waals surface area contributed by atoms with Gasteiger partial charge in [0, 0.05) is 35.0 Å². The number of aromatic nitrogens is 2. The average Bonchev–Trinajstić information content (AvgIpc) is 3.55. The highest BCUT2D eigenvalue weighted by Gasteiger charge is 2.28. The third-order valence-corrected chi connectivity index (χ3v) is 7.31. The highest BCUT2D eigenvalue weighted by molar-refractivity contribution is 7.16. The molecule has 1 aliphatic rings. The van der Waals surface area contributed by atoms with Crippen LogP contribution in [0.4, 0.5) is 9.80 Å². The summed E-state index contributed by atoms with van der Waals surface area (Å²) in [7, 11) is 0. The van der Waals surface area contributed by atoms with Crippen LogP contribution in [-0.2, 0) is 35.5 Å². The van der Waals surface area contributed by atoms with Gasteiger partial charge in [-0.05, 0) is 48.9 Å². The van der Waals surface area contributed by atoms with Crippen molar-refractivity contribution in [2.24, 2.45) is 0 Å². The van der Waals surface area contributed by atoms with Crippen LogP contribution < -0.4 is 10.6 Å². The van der Waals surface area contributed by atoms with Crippen LogP contribution in [0.1, 0.15) is 39.9 Å². The van der Waals surface area contributed by atoms with E-state index < -0.39 is 6.09 Å². The standard InChI is InChI=1S/C23H23N5O3S2/c1-2-28-15(9-10-26-28)14-25-23(30)31-16-5-7-18-19(13-24)22(33-20(18)12-16)27-21(29)8-6-17-4-3-11-32-17/h3-4,6,8-11,16H,2,5,7,12,14H2,1H3,(H,25,30)(H,27,29). The van der Waals surface area contributed by atoms with Crippen LogP contribution in [0, 0.1) is 11.3 Å². The number of fused-ring (bicyclic) bond motifs is 1. The minimum atomic E-state index is -0.475. The molecule has 0 fully saturated rings. The molecule has 2 N–H and O–H groups in total. The first-order chi connectivity index (χ1) is 16.1. The summed E-state index contributed by atoms with van der Waals surface area (Å²) in [4.78, 5) is 26.6. The summed E-state index contributed by atoms with van der Waals surface area (Å²) in [5.74, 6) is -0.281. The lowest BCUT2D eigenvalue weighted by Crippen LogP contribution is -2.32. The van der Waals surface area contributed by atoms with Crippen molar-refractivity contribution >= 4 is 45.8 Å². The summed E-state index contributed by atoms with van der Waals surface area (Å²) >= 11 is 2.92.